The van der Waals surface area contributed by atoms with Gasteiger partial charge in [0, 0.05) is 12.0 Å². The summed E-state index contributed by atoms with van der Waals surface area (Å²) in [5.74, 6) is 1.10. The van der Waals surface area contributed by atoms with Crippen molar-refractivity contribution in [1.29, 1.82) is 0 Å². The van der Waals surface area contributed by atoms with Crippen LogP contribution in [0.25, 0.3) is 11.4 Å². The van der Waals surface area contributed by atoms with E-state index in [-0.39, 0.29) is 18.6 Å². The predicted molar refractivity (Wildman–Crippen MR) is 91.2 cm³/mol. The maximum absolute atomic E-state index is 12.0. The number of esters is 1. The van der Waals surface area contributed by atoms with Crippen LogP contribution in [0.3, 0.4) is 0 Å². The smallest absolute Gasteiger partial charge is 0.338 e. The van der Waals surface area contributed by atoms with Crippen molar-refractivity contribution in [3.63, 3.8) is 0 Å². The average molecular weight is 356 g/mol. The van der Waals surface area contributed by atoms with Gasteiger partial charge in [0.2, 0.25) is 11.7 Å². The van der Waals surface area contributed by atoms with Crippen LogP contribution in [0, 0.1) is 0 Å². The van der Waals surface area contributed by atoms with Crippen molar-refractivity contribution in [2.75, 3.05) is 0 Å². The normalized spacial score (nSPS) is 11.1. The molecule has 0 bridgehead atoms. The zero-order chi connectivity index (χ0) is 18.5. The minimum Gasteiger partial charge on any atom is -0.459 e. The van der Waals surface area contributed by atoms with Gasteiger partial charge in [0.05, 0.1) is 11.7 Å². The number of tetrazole rings is 1. The molecule has 2 aromatic heterocycles. The van der Waals surface area contributed by atoms with Crippen molar-refractivity contribution < 1.29 is 14.1 Å². The van der Waals surface area contributed by atoms with E-state index in [9.17, 15) is 4.79 Å². The molecule has 26 heavy (non-hydrogen) atoms. The molecule has 0 fully saturated rings. The number of aromatic nitrogens is 6. The summed E-state index contributed by atoms with van der Waals surface area (Å²) in [5, 5.41) is 16.2. The van der Waals surface area contributed by atoms with Crippen LogP contribution in [-0.2, 0) is 17.7 Å². The number of ether oxygens (including phenoxy) is 1. The van der Waals surface area contributed by atoms with E-state index in [0.717, 1.165) is 12.8 Å². The lowest BCUT2D eigenvalue weighted by atomic mass is 10.1. The Balaban J connectivity index is 1.73. The van der Waals surface area contributed by atoms with Gasteiger partial charge in [-0.05, 0) is 37.6 Å². The summed E-state index contributed by atoms with van der Waals surface area (Å²) >= 11 is 0. The number of aryl methyl sites for hydroxylation is 1. The monoisotopic (exact) mass is 356 g/mol. The van der Waals surface area contributed by atoms with Crippen LogP contribution >= 0.6 is 0 Å². The second-order valence-electron chi connectivity index (χ2n) is 6.03. The van der Waals surface area contributed by atoms with Crippen LogP contribution in [0.15, 0.2) is 28.8 Å². The van der Waals surface area contributed by atoms with Gasteiger partial charge in [-0.25, -0.2) is 4.79 Å². The number of benzene rings is 1. The summed E-state index contributed by atoms with van der Waals surface area (Å²) in [6.07, 6.45) is 1.52. The fourth-order valence-corrected chi connectivity index (χ4v) is 2.29. The molecular weight excluding hydrogens is 336 g/mol. The first kappa shape index (κ1) is 17.7. The van der Waals surface area contributed by atoms with Crippen molar-refractivity contribution in [2.45, 2.75) is 46.3 Å². The highest BCUT2D eigenvalue weighted by Crippen LogP contribution is 2.17. The fraction of sp³-hybridized carbons (Fsp3) is 0.412. The number of rotatable bonds is 7. The van der Waals surface area contributed by atoms with E-state index in [2.05, 4.69) is 25.6 Å². The largest absolute Gasteiger partial charge is 0.459 e. The number of hydrogen-bond acceptors (Lipinski definition) is 8. The molecule has 0 aliphatic carbocycles. The van der Waals surface area contributed by atoms with E-state index in [4.69, 9.17) is 9.26 Å². The molecule has 2 heterocycles. The van der Waals surface area contributed by atoms with E-state index >= 15 is 0 Å². The van der Waals surface area contributed by atoms with Crippen molar-refractivity contribution in [2.24, 2.45) is 0 Å². The molecule has 9 nitrogen and oxygen atoms in total. The van der Waals surface area contributed by atoms with Crippen LogP contribution < -0.4 is 0 Å². The lowest BCUT2D eigenvalue weighted by Gasteiger charge is -2.08. The molecule has 136 valence electrons. The Morgan fingerprint density at radius 2 is 2.19 bits per heavy atom. The van der Waals surface area contributed by atoms with E-state index in [1.807, 2.05) is 6.92 Å². The van der Waals surface area contributed by atoms with Gasteiger partial charge in [-0.1, -0.05) is 24.2 Å². The molecule has 3 rings (SSSR count). The average Bonchev–Trinajstić information content (AvgIpc) is 3.25. The molecule has 0 aliphatic heterocycles. The summed E-state index contributed by atoms with van der Waals surface area (Å²) in [4.78, 5) is 17.7. The highest BCUT2D eigenvalue weighted by Gasteiger charge is 2.14. The van der Waals surface area contributed by atoms with Gasteiger partial charge in [-0.3, -0.25) is 0 Å². The van der Waals surface area contributed by atoms with Gasteiger partial charge in [0.25, 0.3) is 0 Å². The Morgan fingerprint density at radius 3 is 2.96 bits per heavy atom. The lowest BCUT2D eigenvalue weighted by molar-refractivity contribution is 0.0378. The summed E-state index contributed by atoms with van der Waals surface area (Å²) in [6.45, 7) is 5.89. The number of hydrogen-bond donors (Lipinski definition) is 0. The summed E-state index contributed by atoms with van der Waals surface area (Å²) in [6, 6.07) is 6.92. The predicted octanol–water partition coefficient (Wildman–Crippen LogP) is 2.29. The van der Waals surface area contributed by atoms with Crippen molar-refractivity contribution in [3.05, 3.63) is 41.5 Å². The minimum atomic E-state index is -0.386. The molecule has 9 heteroatoms. The maximum atomic E-state index is 12.0. The van der Waals surface area contributed by atoms with Crippen molar-refractivity contribution in [1.82, 2.24) is 30.3 Å². The minimum absolute atomic E-state index is 0.183. The number of carbonyl (C=O) groups is 1. The third-order valence-electron chi connectivity index (χ3n) is 3.41. The second-order valence-corrected chi connectivity index (χ2v) is 6.03. The van der Waals surface area contributed by atoms with Gasteiger partial charge in [0.1, 0.15) is 6.54 Å². The molecule has 0 amide bonds. The van der Waals surface area contributed by atoms with E-state index in [1.54, 1.807) is 38.1 Å². The van der Waals surface area contributed by atoms with Crippen molar-refractivity contribution >= 4 is 5.97 Å². The van der Waals surface area contributed by atoms with Gasteiger partial charge in [0.15, 0.2) is 5.82 Å². The first-order valence-corrected chi connectivity index (χ1v) is 8.46. The maximum Gasteiger partial charge on any atom is 0.338 e. The third kappa shape index (κ3) is 4.29. The second kappa shape index (κ2) is 7.85. The first-order valence-electron chi connectivity index (χ1n) is 8.46. The summed E-state index contributed by atoms with van der Waals surface area (Å²) in [7, 11) is 0. The van der Waals surface area contributed by atoms with Crippen LogP contribution in [0.5, 0.6) is 0 Å². The van der Waals surface area contributed by atoms with Gasteiger partial charge in [-0.2, -0.15) is 9.78 Å². The summed E-state index contributed by atoms with van der Waals surface area (Å²) < 4.78 is 10.4. The Bertz CT molecular complexity index is 886. The van der Waals surface area contributed by atoms with Crippen LogP contribution in [-0.4, -0.2) is 42.4 Å². The number of nitrogens with zero attached hydrogens (tertiary/aromatic N) is 6. The first-order chi connectivity index (χ1) is 12.5. The molecule has 0 spiro atoms. The van der Waals surface area contributed by atoms with Crippen LogP contribution in [0.4, 0.5) is 0 Å². The molecule has 0 radical (unpaired) electrons. The molecule has 0 aliphatic rings. The van der Waals surface area contributed by atoms with Crippen molar-refractivity contribution in [3.8, 4) is 11.4 Å². The van der Waals surface area contributed by atoms with Gasteiger partial charge >= 0.3 is 5.97 Å². The molecule has 1 aromatic carbocycles. The molecule has 0 saturated carbocycles. The Morgan fingerprint density at radius 1 is 1.35 bits per heavy atom. The Labute approximate surface area is 150 Å². The molecule has 0 atom stereocenters. The standard InChI is InChI=1S/C17H20N6O3/c1-4-6-14-18-15(26-21-14)10-23-20-16(19-22-23)12-7-5-8-13(9-12)17(24)25-11(2)3/h5,7-9,11H,4,6,10H2,1-3H3. The van der Waals surface area contributed by atoms with Gasteiger partial charge in [-0.15, -0.1) is 10.2 Å². The molecule has 0 unspecified atom stereocenters. The molecule has 3 aromatic rings. The molecular formula is C17H20N6O3. The van der Waals surface area contributed by atoms with Crippen LogP contribution in [0.2, 0.25) is 0 Å². The topological polar surface area (TPSA) is 109 Å². The summed E-state index contributed by atoms with van der Waals surface area (Å²) in [5.41, 5.74) is 1.11. The zero-order valence-electron chi connectivity index (χ0n) is 14.9. The lowest BCUT2D eigenvalue weighted by Crippen LogP contribution is -2.11. The van der Waals surface area contributed by atoms with E-state index in [1.165, 1.54) is 4.80 Å². The Kier molecular flexibility index (Phi) is 5.35. The molecule has 0 N–H and O–H groups in total. The zero-order valence-corrected chi connectivity index (χ0v) is 14.9. The molecule has 0 saturated heterocycles. The fourth-order valence-electron chi connectivity index (χ4n) is 2.29. The van der Waals surface area contributed by atoms with Crippen LogP contribution in [0.1, 0.15) is 49.3 Å². The quantitative estimate of drug-likeness (QED) is 0.593. The van der Waals surface area contributed by atoms with E-state index in [0.29, 0.717) is 28.7 Å². The highest BCUT2D eigenvalue weighted by atomic mass is 16.5. The highest BCUT2D eigenvalue weighted by molar-refractivity contribution is 5.90. The van der Waals surface area contributed by atoms with E-state index < -0.39 is 0 Å². The SMILES string of the molecule is CCCc1noc(Cn2nnc(-c3cccc(C(=O)OC(C)C)c3)n2)n1. The third-order valence-corrected chi connectivity index (χ3v) is 3.41. The number of carbonyl (C=O) groups excluding carboxylic acids is 1. The Hall–Kier alpha value is -3.10. The van der Waals surface area contributed by atoms with Gasteiger partial charge < -0.3 is 9.26 Å².